The summed E-state index contributed by atoms with van der Waals surface area (Å²) in [4.78, 5) is 46.1. The number of amides is 3. The van der Waals surface area contributed by atoms with E-state index in [1.165, 1.54) is 6.08 Å². The molecule has 1 aromatic carbocycles. The Balaban J connectivity index is 1.69. The largest absolute Gasteiger partial charge is 0.395 e. The molecule has 1 aliphatic rings. The summed E-state index contributed by atoms with van der Waals surface area (Å²) in [7, 11) is 1.76. The molecule has 0 atom stereocenters. The lowest BCUT2D eigenvalue weighted by molar-refractivity contribution is -0.115. The first-order valence-corrected chi connectivity index (χ1v) is 10.3. The quantitative estimate of drug-likeness (QED) is 0.332. The number of likely N-dealkylation sites (N-methyl/N-ethyl adjacent to an activating group) is 1. The normalized spacial score (nSPS) is 14.5. The van der Waals surface area contributed by atoms with Crippen molar-refractivity contribution in [1.29, 1.82) is 0 Å². The monoisotopic (exact) mass is 442 g/mol. The van der Waals surface area contributed by atoms with Crippen LogP contribution in [0, 0.1) is 0 Å². The van der Waals surface area contributed by atoms with E-state index < -0.39 is 11.1 Å². The molecule has 1 aliphatic heterocycles. The van der Waals surface area contributed by atoms with Crippen LogP contribution in [0.15, 0.2) is 41.3 Å². The molecule has 1 fully saturated rings. The third kappa shape index (κ3) is 6.27. The number of carbonyl (C=O) groups excluding carboxylic acids is 3. The van der Waals surface area contributed by atoms with Crippen LogP contribution in [-0.4, -0.2) is 65.4 Å². The minimum absolute atomic E-state index is 0.0576. The molecule has 11 heteroatoms. The van der Waals surface area contributed by atoms with E-state index in [-0.39, 0.29) is 23.4 Å². The molecule has 0 bridgehead atoms. The lowest BCUT2D eigenvalue weighted by Crippen LogP contribution is -2.29. The Labute approximate surface area is 183 Å². The zero-order chi connectivity index (χ0) is 22.2. The first-order chi connectivity index (χ1) is 15.0. The van der Waals surface area contributed by atoms with Crippen LogP contribution in [-0.2, 0) is 4.79 Å². The minimum atomic E-state index is -0.475. The van der Waals surface area contributed by atoms with Gasteiger partial charge in [-0.1, -0.05) is 18.2 Å². The van der Waals surface area contributed by atoms with Gasteiger partial charge in [-0.3, -0.25) is 19.7 Å². The Kier molecular flexibility index (Phi) is 7.57. The molecule has 162 valence electrons. The highest BCUT2D eigenvalue weighted by Crippen LogP contribution is 2.26. The number of benzene rings is 1. The van der Waals surface area contributed by atoms with E-state index in [1.54, 1.807) is 42.3 Å². The van der Waals surface area contributed by atoms with Gasteiger partial charge in [0.1, 0.15) is 5.82 Å². The van der Waals surface area contributed by atoms with E-state index in [2.05, 4.69) is 25.9 Å². The molecule has 2 aromatic rings. The summed E-state index contributed by atoms with van der Waals surface area (Å²) < 4.78 is 0. The maximum absolute atomic E-state index is 12.1. The Morgan fingerprint density at radius 2 is 2.00 bits per heavy atom. The molecular weight excluding hydrogens is 420 g/mol. The van der Waals surface area contributed by atoms with Gasteiger partial charge in [-0.15, -0.1) is 0 Å². The Morgan fingerprint density at radius 1 is 1.23 bits per heavy atom. The second-order valence-corrected chi connectivity index (χ2v) is 7.54. The van der Waals surface area contributed by atoms with Crippen molar-refractivity contribution in [3.63, 3.8) is 0 Å². The molecule has 0 radical (unpaired) electrons. The number of nitrogens with zero attached hydrogens (tertiary/aromatic N) is 3. The molecule has 1 aromatic heterocycles. The van der Waals surface area contributed by atoms with Gasteiger partial charge < -0.3 is 20.6 Å². The lowest BCUT2D eigenvalue weighted by Gasteiger charge is -2.18. The highest BCUT2D eigenvalue weighted by Gasteiger charge is 2.25. The van der Waals surface area contributed by atoms with E-state index in [0.29, 0.717) is 36.7 Å². The Hall–Kier alpha value is -3.44. The number of hydrogen-bond acceptors (Lipinski definition) is 9. The maximum Gasteiger partial charge on any atom is 0.290 e. The number of anilines is 2. The maximum atomic E-state index is 12.1. The zero-order valence-corrected chi connectivity index (χ0v) is 17.6. The van der Waals surface area contributed by atoms with E-state index in [9.17, 15) is 19.5 Å². The van der Waals surface area contributed by atoms with Crippen LogP contribution in [0.25, 0.3) is 6.08 Å². The molecule has 0 saturated carbocycles. The first kappa shape index (κ1) is 22.2. The van der Waals surface area contributed by atoms with Gasteiger partial charge in [0.2, 0.25) is 5.95 Å². The number of rotatable bonds is 9. The fourth-order valence-corrected chi connectivity index (χ4v) is 3.33. The molecule has 0 unspecified atom stereocenters. The molecule has 31 heavy (non-hydrogen) atoms. The van der Waals surface area contributed by atoms with Crippen LogP contribution in [0.4, 0.5) is 16.6 Å². The number of hydrogen-bond donors (Lipinski definition) is 4. The topological polar surface area (TPSA) is 137 Å². The van der Waals surface area contributed by atoms with Crippen molar-refractivity contribution >= 4 is 46.7 Å². The predicted molar refractivity (Wildman–Crippen MR) is 119 cm³/mol. The van der Waals surface area contributed by atoms with E-state index in [1.807, 2.05) is 6.07 Å². The van der Waals surface area contributed by atoms with Gasteiger partial charge in [0.25, 0.3) is 17.1 Å². The van der Waals surface area contributed by atoms with E-state index >= 15 is 0 Å². The van der Waals surface area contributed by atoms with Gasteiger partial charge in [-0.2, -0.15) is 4.98 Å². The van der Waals surface area contributed by atoms with Crippen molar-refractivity contribution in [1.82, 2.24) is 20.6 Å². The standard InChI is InChI=1S/C20H22N6O4S/c1-26(9-10-27)16-12-14(11-15-18(29)25-20(30)31-15)23-19(24-16)22-8-7-21-17(28)13-5-3-2-4-6-13/h2-6,11-12,27H,7-10H2,1H3,(H,21,28)(H,22,23,24)(H,25,29,30)/b15-11+. The van der Waals surface area contributed by atoms with Crippen LogP contribution in [0.1, 0.15) is 16.1 Å². The fourth-order valence-electron chi connectivity index (χ4n) is 2.66. The summed E-state index contributed by atoms with van der Waals surface area (Å²) in [6, 6.07) is 10.5. The average molecular weight is 443 g/mol. The van der Waals surface area contributed by atoms with Gasteiger partial charge in [0, 0.05) is 38.3 Å². The number of imide groups is 1. The van der Waals surface area contributed by atoms with Crippen molar-refractivity contribution in [2.45, 2.75) is 0 Å². The predicted octanol–water partition coefficient (Wildman–Crippen LogP) is 1.07. The zero-order valence-electron chi connectivity index (χ0n) is 16.8. The van der Waals surface area contributed by atoms with Gasteiger partial charge in [0.05, 0.1) is 17.2 Å². The molecule has 2 heterocycles. The second kappa shape index (κ2) is 10.5. The highest BCUT2D eigenvalue weighted by atomic mass is 32.2. The van der Waals surface area contributed by atoms with Crippen LogP contribution in [0.2, 0.25) is 0 Å². The summed E-state index contributed by atoms with van der Waals surface area (Å²) in [5, 5.41) is 16.8. The summed E-state index contributed by atoms with van der Waals surface area (Å²) in [6.07, 6.45) is 1.51. The number of nitrogens with one attached hydrogen (secondary N) is 3. The molecule has 0 spiro atoms. The van der Waals surface area contributed by atoms with E-state index in [4.69, 9.17) is 0 Å². The molecule has 3 amide bonds. The van der Waals surface area contributed by atoms with Gasteiger partial charge >= 0.3 is 0 Å². The Morgan fingerprint density at radius 3 is 2.68 bits per heavy atom. The molecule has 0 aliphatic carbocycles. The summed E-state index contributed by atoms with van der Waals surface area (Å²) in [5.41, 5.74) is 1.00. The van der Waals surface area contributed by atoms with Crippen molar-refractivity contribution in [3.05, 3.63) is 52.6 Å². The van der Waals surface area contributed by atoms with E-state index in [0.717, 1.165) is 11.8 Å². The van der Waals surface area contributed by atoms with Crippen LogP contribution in [0.5, 0.6) is 0 Å². The Bertz CT molecular complexity index is 998. The van der Waals surface area contributed by atoms with Gasteiger partial charge in [-0.05, 0) is 30.0 Å². The van der Waals surface area contributed by atoms with Crippen LogP contribution >= 0.6 is 11.8 Å². The number of aliphatic hydroxyl groups is 1. The SMILES string of the molecule is CN(CCO)c1cc(/C=C2/SC(=O)NC2=O)nc(NCCNC(=O)c2ccccc2)n1. The second-order valence-electron chi connectivity index (χ2n) is 6.52. The van der Waals surface area contributed by atoms with Crippen molar-refractivity contribution in [2.75, 3.05) is 43.5 Å². The van der Waals surface area contributed by atoms with Crippen LogP contribution in [0.3, 0.4) is 0 Å². The third-order valence-electron chi connectivity index (χ3n) is 4.21. The lowest BCUT2D eigenvalue weighted by atomic mass is 10.2. The summed E-state index contributed by atoms with van der Waals surface area (Å²) >= 11 is 0.801. The number of aromatic nitrogens is 2. The number of carbonyl (C=O) groups is 3. The molecule has 10 nitrogen and oxygen atoms in total. The highest BCUT2D eigenvalue weighted by molar-refractivity contribution is 8.18. The fraction of sp³-hybridized carbons (Fsp3) is 0.250. The first-order valence-electron chi connectivity index (χ1n) is 9.49. The van der Waals surface area contributed by atoms with Crippen molar-refractivity contribution in [2.24, 2.45) is 0 Å². The third-order valence-corrected chi connectivity index (χ3v) is 5.02. The summed E-state index contributed by atoms with van der Waals surface area (Å²) in [5.74, 6) is 0.162. The van der Waals surface area contributed by atoms with Crippen molar-refractivity contribution < 1.29 is 19.5 Å². The average Bonchev–Trinajstić information content (AvgIpc) is 3.08. The van der Waals surface area contributed by atoms with Gasteiger partial charge in [-0.25, -0.2) is 4.98 Å². The molecular formula is C20H22N6O4S. The smallest absolute Gasteiger partial charge is 0.290 e. The minimum Gasteiger partial charge on any atom is -0.395 e. The van der Waals surface area contributed by atoms with Gasteiger partial charge in [0.15, 0.2) is 0 Å². The molecule has 3 rings (SSSR count). The number of thioether (sulfide) groups is 1. The molecule has 4 N–H and O–H groups in total. The van der Waals surface area contributed by atoms with Crippen molar-refractivity contribution in [3.8, 4) is 0 Å². The van der Waals surface area contributed by atoms with Crippen LogP contribution < -0.4 is 20.9 Å². The molecule has 1 saturated heterocycles. The summed E-state index contributed by atoms with van der Waals surface area (Å²) in [6.45, 7) is 1.01. The number of aliphatic hydroxyl groups excluding tert-OH is 1.